The molecular weight excluding hydrogens is 406 g/mol. The Kier molecular flexibility index (Phi) is 4.62. The highest BCUT2D eigenvalue weighted by Gasteiger charge is 2.12. The third-order valence-corrected chi connectivity index (χ3v) is 5.94. The van der Waals surface area contributed by atoms with Gasteiger partial charge in [0.05, 0.1) is 16.0 Å². The molecule has 1 amide bonds. The second-order valence-corrected chi connectivity index (χ2v) is 8.05. The highest BCUT2D eigenvalue weighted by Crippen LogP contribution is 2.26. The van der Waals surface area contributed by atoms with Gasteiger partial charge >= 0.3 is 0 Å². The molecule has 0 radical (unpaired) electrons. The fourth-order valence-electron chi connectivity index (χ4n) is 2.75. The number of thiazole rings is 1. The first-order chi connectivity index (χ1) is 14.3. The number of thioether (sulfide) groups is 1. The number of anilines is 1. The first-order valence-corrected chi connectivity index (χ1v) is 10.5. The fraction of sp³-hybridized carbons (Fsp3) is 0.0526. The van der Waals surface area contributed by atoms with Crippen LogP contribution in [0.25, 0.3) is 27.3 Å². The van der Waals surface area contributed by atoms with E-state index in [4.69, 9.17) is 0 Å². The molecule has 4 heterocycles. The maximum absolute atomic E-state index is 12.3. The maximum atomic E-state index is 12.3. The van der Waals surface area contributed by atoms with Gasteiger partial charge in [0.2, 0.25) is 5.91 Å². The molecule has 0 aliphatic rings. The molecular formula is C19H13N7OS2. The van der Waals surface area contributed by atoms with Crippen molar-refractivity contribution in [3.63, 3.8) is 0 Å². The molecule has 1 aromatic carbocycles. The van der Waals surface area contributed by atoms with E-state index in [-0.39, 0.29) is 11.7 Å². The van der Waals surface area contributed by atoms with Crippen molar-refractivity contribution in [2.75, 3.05) is 11.1 Å². The third kappa shape index (κ3) is 3.67. The summed E-state index contributed by atoms with van der Waals surface area (Å²) in [7, 11) is 0. The second-order valence-electron chi connectivity index (χ2n) is 6.02. The van der Waals surface area contributed by atoms with E-state index in [9.17, 15) is 4.79 Å². The van der Waals surface area contributed by atoms with Gasteiger partial charge in [-0.3, -0.25) is 9.78 Å². The van der Waals surface area contributed by atoms with Gasteiger partial charge in [-0.15, -0.1) is 10.2 Å². The van der Waals surface area contributed by atoms with Gasteiger partial charge in [-0.05, 0) is 36.4 Å². The molecule has 142 valence electrons. The Labute approximate surface area is 173 Å². The summed E-state index contributed by atoms with van der Waals surface area (Å²) in [5.41, 5.74) is 2.39. The third-order valence-electron chi connectivity index (χ3n) is 4.07. The van der Waals surface area contributed by atoms with Gasteiger partial charge < -0.3 is 5.32 Å². The number of carbonyl (C=O) groups excluding carboxylic acids is 1. The van der Waals surface area contributed by atoms with Crippen LogP contribution in [0.2, 0.25) is 0 Å². The van der Waals surface area contributed by atoms with Crippen molar-refractivity contribution in [2.45, 2.75) is 5.03 Å². The standard InChI is InChI=1S/C19H13N7OS2/c27-16(22-19-21-13-3-1-2-4-14(13)29-19)11-28-17-6-5-15-23-24-18(26(15)25-17)12-7-9-20-10-8-12/h1-10H,11H2,(H,21,22,27). The topological polar surface area (TPSA) is 98.0 Å². The SMILES string of the molecule is O=C(CSc1ccc2nnc(-c3ccncc3)n2n1)Nc1nc2ccccc2s1. The van der Waals surface area contributed by atoms with Crippen LogP contribution in [-0.4, -0.2) is 41.4 Å². The fourth-order valence-corrected chi connectivity index (χ4v) is 4.29. The van der Waals surface area contributed by atoms with Gasteiger partial charge in [0, 0.05) is 18.0 Å². The average molecular weight is 419 g/mol. The van der Waals surface area contributed by atoms with Crippen LogP contribution in [0, 0.1) is 0 Å². The molecule has 4 aromatic heterocycles. The van der Waals surface area contributed by atoms with Crippen molar-refractivity contribution in [3.05, 3.63) is 60.9 Å². The van der Waals surface area contributed by atoms with Crippen LogP contribution in [0.4, 0.5) is 5.13 Å². The molecule has 29 heavy (non-hydrogen) atoms. The molecule has 0 saturated carbocycles. The number of pyridine rings is 1. The average Bonchev–Trinajstić information content (AvgIpc) is 3.36. The molecule has 1 N–H and O–H groups in total. The first-order valence-electron chi connectivity index (χ1n) is 8.67. The number of fused-ring (bicyclic) bond motifs is 2. The van der Waals surface area contributed by atoms with E-state index in [0.717, 1.165) is 15.8 Å². The van der Waals surface area contributed by atoms with Crippen molar-refractivity contribution >= 4 is 50.0 Å². The largest absolute Gasteiger partial charge is 0.301 e. The lowest BCUT2D eigenvalue weighted by Crippen LogP contribution is -2.14. The predicted molar refractivity (Wildman–Crippen MR) is 113 cm³/mol. The normalized spacial score (nSPS) is 11.2. The molecule has 10 heteroatoms. The smallest absolute Gasteiger partial charge is 0.236 e. The Morgan fingerprint density at radius 1 is 1.07 bits per heavy atom. The van der Waals surface area contributed by atoms with Crippen LogP contribution in [0.3, 0.4) is 0 Å². The zero-order valence-electron chi connectivity index (χ0n) is 14.9. The molecule has 0 bridgehead atoms. The summed E-state index contributed by atoms with van der Waals surface area (Å²) in [5, 5.41) is 17.1. The van der Waals surface area contributed by atoms with Crippen molar-refractivity contribution in [1.29, 1.82) is 0 Å². The minimum atomic E-state index is -0.130. The molecule has 8 nitrogen and oxygen atoms in total. The van der Waals surface area contributed by atoms with Gasteiger partial charge in [0.15, 0.2) is 16.6 Å². The number of aromatic nitrogens is 6. The second kappa shape index (κ2) is 7.57. The summed E-state index contributed by atoms with van der Waals surface area (Å²) in [5.74, 6) is 0.721. The number of benzene rings is 1. The van der Waals surface area contributed by atoms with Crippen molar-refractivity contribution < 1.29 is 4.79 Å². The van der Waals surface area contributed by atoms with Crippen molar-refractivity contribution in [1.82, 2.24) is 29.8 Å². The van der Waals surface area contributed by atoms with E-state index in [1.807, 2.05) is 48.5 Å². The Morgan fingerprint density at radius 2 is 1.93 bits per heavy atom. The lowest BCUT2D eigenvalue weighted by atomic mass is 10.2. The Morgan fingerprint density at radius 3 is 2.79 bits per heavy atom. The number of nitrogens with zero attached hydrogens (tertiary/aromatic N) is 6. The molecule has 5 rings (SSSR count). The quantitative estimate of drug-likeness (QED) is 0.435. The van der Waals surface area contributed by atoms with Gasteiger partial charge in [-0.2, -0.15) is 9.61 Å². The summed E-state index contributed by atoms with van der Waals surface area (Å²) >= 11 is 2.80. The van der Waals surface area contributed by atoms with E-state index >= 15 is 0 Å². The van der Waals surface area contributed by atoms with Crippen LogP contribution in [-0.2, 0) is 4.79 Å². The lowest BCUT2D eigenvalue weighted by Gasteiger charge is -2.03. The van der Waals surface area contributed by atoms with E-state index < -0.39 is 0 Å². The molecule has 0 spiro atoms. The number of para-hydroxylation sites is 1. The van der Waals surface area contributed by atoms with Crippen molar-refractivity contribution in [3.8, 4) is 11.4 Å². The van der Waals surface area contributed by atoms with Gasteiger partial charge in [0.25, 0.3) is 0 Å². The molecule has 5 aromatic rings. The molecule has 0 aliphatic carbocycles. The number of rotatable bonds is 5. The minimum Gasteiger partial charge on any atom is -0.301 e. The minimum absolute atomic E-state index is 0.130. The van der Waals surface area contributed by atoms with Crippen LogP contribution < -0.4 is 5.32 Å². The number of hydrogen-bond donors (Lipinski definition) is 1. The van der Waals surface area contributed by atoms with Crippen LogP contribution in [0.5, 0.6) is 0 Å². The summed E-state index contributed by atoms with van der Waals surface area (Å²) < 4.78 is 2.71. The van der Waals surface area contributed by atoms with Gasteiger partial charge in [-0.1, -0.05) is 35.2 Å². The molecule has 0 aliphatic heterocycles. The number of amides is 1. The summed E-state index contributed by atoms with van der Waals surface area (Å²) in [6, 6.07) is 15.2. The number of nitrogens with one attached hydrogen (secondary N) is 1. The van der Waals surface area contributed by atoms with Crippen LogP contribution >= 0.6 is 23.1 Å². The van der Waals surface area contributed by atoms with E-state index in [1.54, 1.807) is 16.9 Å². The number of hydrogen-bond acceptors (Lipinski definition) is 8. The van der Waals surface area contributed by atoms with Crippen LogP contribution in [0.15, 0.2) is 66.0 Å². The van der Waals surface area contributed by atoms with Crippen LogP contribution in [0.1, 0.15) is 0 Å². The van der Waals surface area contributed by atoms with E-state index in [0.29, 0.717) is 21.6 Å². The van der Waals surface area contributed by atoms with E-state index in [1.165, 1.54) is 23.1 Å². The molecule has 0 fully saturated rings. The zero-order chi connectivity index (χ0) is 19.6. The van der Waals surface area contributed by atoms with Gasteiger partial charge in [0.1, 0.15) is 5.03 Å². The summed E-state index contributed by atoms with van der Waals surface area (Å²) in [4.78, 5) is 20.8. The Hall–Kier alpha value is -3.37. The summed E-state index contributed by atoms with van der Waals surface area (Å²) in [6.45, 7) is 0. The molecule has 0 atom stereocenters. The Bertz CT molecular complexity index is 1280. The molecule has 0 saturated heterocycles. The number of carbonyl (C=O) groups is 1. The first kappa shape index (κ1) is 17.7. The summed E-state index contributed by atoms with van der Waals surface area (Å²) in [6.07, 6.45) is 3.39. The molecule has 0 unspecified atom stereocenters. The Balaban J connectivity index is 1.30. The van der Waals surface area contributed by atoms with Gasteiger partial charge in [-0.25, -0.2) is 4.98 Å². The predicted octanol–water partition coefficient (Wildman–Crippen LogP) is 3.53. The van der Waals surface area contributed by atoms with Crippen molar-refractivity contribution in [2.24, 2.45) is 0 Å². The monoisotopic (exact) mass is 419 g/mol. The highest BCUT2D eigenvalue weighted by atomic mass is 32.2. The highest BCUT2D eigenvalue weighted by molar-refractivity contribution is 7.99. The lowest BCUT2D eigenvalue weighted by molar-refractivity contribution is -0.113. The maximum Gasteiger partial charge on any atom is 0.236 e. The zero-order valence-corrected chi connectivity index (χ0v) is 16.5. The van der Waals surface area contributed by atoms with E-state index in [2.05, 4.69) is 30.6 Å².